The summed E-state index contributed by atoms with van der Waals surface area (Å²) in [5, 5.41) is 14.2. The molecule has 0 aromatic heterocycles. The molecule has 6 heteroatoms. The van der Waals surface area contributed by atoms with Crippen molar-refractivity contribution < 1.29 is 9.72 Å². The number of piperazine rings is 1. The van der Waals surface area contributed by atoms with Crippen LogP contribution in [0.2, 0.25) is 0 Å². The number of carbonyl (C=O) groups excluding carboxylic acids is 1. The van der Waals surface area contributed by atoms with Gasteiger partial charge in [-0.15, -0.1) is 0 Å². The summed E-state index contributed by atoms with van der Waals surface area (Å²) < 4.78 is 0. The van der Waals surface area contributed by atoms with E-state index in [9.17, 15) is 14.9 Å². The van der Waals surface area contributed by atoms with E-state index in [0.29, 0.717) is 5.69 Å². The van der Waals surface area contributed by atoms with Crippen molar-refractivity contribution in [1.82, 2.24) is 5.32 Å². The van der Waals surface area contributed by atoms with Gasteiger partial charge in [0.25, 0.3) is 5.69 Å². The Morgan fingerprint density at radius 3 is 2.61 bits per heavy atom. The van der Waals surface area contributed by atoms with E-state index in [-0.39, 0.29) is 17.0 Å². The van der Waals surface area contributed by atoms with Crippen LogP contribution in [-0.4, -0.2) is 36.9 Å². The summed E-state index contributed by atoms with van der Waals surface area (Å²) in [6.07, 6.45) is 0. The Morgan fingerprint density at radius 2 is 2.06 bits per heavy atom. The molecule has 0 saturated carbocycles. The molecule has 0 spiro atoms. The summed E-state index contributed by atoms with van der Waals surface area (Å²) in [5.74, 6) is -0.268. The van der Waals surface area contributed by atoms with E-state index in [1.165, 1.54) is 13.0 Å². The molecule has 1 aliphatic heterocycles. The number of hydrogen-bond donors (Lipinski definition) is 1. The zero-order chi connectivity index (χ0) is 13.1. The molecule has 0 radical (unpaired) electrons. The van der Waals surface area contributed by atoms with Gasteiger partial charge in [0.2, 0.25) is 0 Å². The van der Waals surface area contributed by atoms with Crippen molar-refractivity contribution in [3.05, 3.63) is 33.9 Å². The van der Waals surface area contributed by atoms with E-state index in [1.807, 2.05) is 4.90 Å². The fraction of sp³-hybridized carbons (Fsp3) is 0.417. The van der Waals surface area contributed by atoms with Gasteiger partial charge in [-0.2, -0.15) is 0 Å². The predicted octanol–water partition coefficient (Wildman–Crippen LogP) is 1.21. The maximum Gasteiger partial charge on any atom is 0.282 e. The van der Waals surface area contributed by atoms with Gasteiger partial charge >= 0.3 is 0 Å². The molecule has 1 fully saturated rings. The standard InChI is InChI=1S/C12H15N3O3/c1-9(16)12-10(14-7-5-13-6-8-14)3-2-4-11(12)15(17)18/h2-4,13H,5-8H2,1H3. The average molecular weight is 249 g/mol. The minimum Gasteiger partial charge on any atom is -0.368 e. The van der Waals surface area contributed by atoms with Crippen LogP contribution in [0, 0.1) is 10.1 Å². The quantitative estimate of drug-likeness (QED) is 0.495. The smallest absolute Gasteiger partial charge is 0.282 e. The number of nitrogens with zero attached hydrogens (tertiary/aromatic N) is 2. The highest BCUT2D eigenvalue weighted by Crippen LogP contribution is 2.29. The Labute approximate surface area is 105 Å². The Balaban J connectivity index is 2.48. The molecule has 2 rings (SSSR count). The van der Waals surface area contributed by atoms with Gasteiger partial charge in [0.05, 0.1) is 10.6 Å². The summed E-state index contributed by atoms with van der Waals surface area (Å²) in [4.78, 5) is 24.2. The van der Waals surface area contributed by atoms with Crippen LogP contribution in [0.4, 0.5) is 11.4 Å². The first kappa shape index (κ1) is 12.5. The lowest BCUT2D eigenvalue weighted by Gasteiger charge is -2.30. The van der Waals surface area contributed by atoms with Gasteiger partial charge in [-0.3, -0.25) is 14.9 Å². The van der Waals surface area contributed by atoms with Crippen molar-refractivity contribution in [3.8, 4) is 0 Å². The van der Waals surface area contributed by atoms with Crippen LogP contribution in [-0.2, 0) is 0 Å². The average Bonchev–Trinajstić information content (AvgIpc) is 2.38. The van der Waals surface area contributed by atoms with Crippen molar-refractivity contribution >= 4 is 17.2 Å². The SMILES string of the molecule is CC(=O)c1c(N2CCNCC2)cccc1[N+](=O)[O-]. The molecular formula is C12H15N3O3. The van der Waals surface area contributed by atoms with Crippen LogP contribution in [0.3, 0.4) is 0 Å². The topological polar surface area (TPSA) is 75.5 Å². The summed E-state index contributed by atoms with van der Waals surface area (Å²) in [6.45, 7) is 4.51. The van der Waals surface area contributed by atoms with Gasteiger partial charge < -0.3 is 10.2 Å². The molecule has 18 heavy (non-hydrogen) atoms. The lowest BCUT2D eigenvalue weighted by atomic mass is 10.1. The number of nitro benzene ring substituents is 1. The molecule has 1 aromatic rings. The molecule has 0 aliphatic carbocycles. The van der Waals surface area contributed by atoms with Crippen LogP contribution >= 0.6 is 0 Å². The summed E-state index contributed by atoms with van der Waals surface area (Å²) in [5.41, 5.74) is 0.765. The van der Waals surface area contributed by atoms with Crippen LogP contribution in [0.25, 0.3) is 0 Å². The second-order valence-corrected chi connectivity index (χ2v) is 4.22. The predicted molar refractivity (Wildman–Crippen MR) is 68.2 cm³/mol. The van der Waals surface area contributed by atoms with Gasteiger partial charge in [0, 0.05) is 32.2 Å². The third-order valence-electron chi connectivity index (χ3n) is 3.03. The van der Waals surface area contributed by atoms with Crippen molar-refractivity contribution in [1.29, 1.82) is 0 Å². The number of ketones is 1. The number of nitrogens with one attached hydrogen (secondary N) is 1. The number of rotatable bonds is 3. The number of carbonyl (C=O) groups is 1. The van der Waals surface area contributed by atoms with Gasteiger partial charge in [-0.25, -0.2) is 0 Å². The van der Waals surface area contributed by atoms with Crippen LogP contribution < -0.4 is 10.2 Å². The molecule has 6 nitrogen and oxygen atoms in total. The Bertz CT molecular complexity index is 481. The summed E-state index contributed by atoms with van der Waals surface area (Å²) in [6, 6.07) is 4.78. The maximum absolute atomic E-state index is 11.7. The molecule has 0 atom stereocenters. The van der Waals surface area contributed by atoms with Crippen LogP contribution in [0.15, 0.2) is 18.2 Å². The van der Waals surface area contributed by atoms with Crippen LogP contribution in [0.1, 0.15) is 17.3 Å². The largest absolute Gasteiger partial charge is 0.368 e. The molecule has 1 aromatic carbocycles. The monoisotopic (exact) mass is 249 g/mol. The molecule has 0 amide bonds. The van der Waals surface area contributed by atoms with E-state index < -0.39 is 4.92 Å². The van der Waals surface area contributed by atoms with E-state index in [0.717, 1.165) is 26.2 Å². The molecule has 1 saturated heterocycles. The minimum absolute atomic E-state index is 0.112. The first-order valence-electron chi connectivity index (χ1n) is 5.85. The third kappa shape index (κ3) is 2.33. The lowest BCUT2D eigenvalue weighted by Crippen LogP contribution is -2.44. The van der Waals surface area contributed by atoms with Gasteiger partial charge in [-0.1, -0.05) is 6.07 Å². The summed E-state index contributed by atoms with van der Waals surface area (Å²) in [7, 11) is 0. The molecule has 0 bridgehead atoms. The van der Waals surface area contributed by atoms with E-state index in [1.54, 1.807) is 12.1 Å². The number of Topliss-reactive ketones (excluding diaryl/α,β-unsaturated/α-hetero) is 1. The zero-order valence-electron chi connectivity index (χ0n) is 10.2. The highest BCUT2D eigenvalue weighted by atomic mass is 16.6. The number of nitro groups is 1. The molecule has 1 heterocycles. The van der Waals surface area contributed by atoms with E-state index >= 15 is 0 Å². The normalized spacial score (nSPS) is 15.5. The van der Waals surface area contributed by atoms with Gasteiger partial charge in [0.15, 0.2) is 5.78 Å². The van der Waals surface area contributed by atoms with Crippen LogP contribution in [0.5, 0.6) is 0 Å². The Hall–Kier alpha value is -1.95. The van der Waals surface area contributed by atoms with E-state index in [4.69, 9.17) is 0 Å². The maximum atomic E-state index is 11.7. The fourth-order valence-corrected chi connectivity index (χ4v) is 2.21. The Morgan fingerprint density at radius 1 is 1.39 bits per heavy atom. The van der Waals surface area contributed by atoms with Crippen molar-refractivity contribution in [2.45, 2.75) is 6.92 Å². The molecule has 1 N–H and O–H groups in total. The zero-order valence-corrected chi connectivity index (χ0v) is 10.2. The van der Waals surface area contributed by atoms with Gasteiger partial charge in [-0.05, 0) is 13.0 Å². The van der Waals surface area contributed by atoms with Crippen molar-refractivity contribution in [2.75, 3.05) is 31.1 Å². The minimum atomic E-state index is -0.498. The lowest BCUT2D eigenvalue weighted by molar-refractivity contribution is -0.385. The van der Waals surface area contributed by atoms with Crippen molar-refractivity contribution in [2.24, 2.45) is 0 Å². The summed E-state index contributed by atoms with van der Waals surface area (Å²) >= 11 is 0. The fourth-order valence-electron chi connectivity index (χ4n) is 2.21. The molecule has 0 unspecified atom stereocenters. The highest BCUT2D eigenvalue weighted by molar-refractivity contribution is 6.03. The second kappa shape index (κ2) is 5.14. The second-order valence-electron chi connectivity index (χ2n) is 4.22. The Kier molecular flexibility index (Phi) is 3.57. The highest BCUT2D eigenvalue weighted by Gasteiger charge is 2.24. The first-order chi connectivity index (χ1) is 8.61. The number of benzene rings is 1. The number of anilines is 1. The van der Waals surface area contributed by atoms with Gasteiger partial charge in [0.1, 0.15) is 5.56 Å². The number of hydrogen-bond acceptors (Lipinski definition) is 5. The van der Waals surface area contributed by atoms with Crippen molar-refractivity contribution in [3.63, 3.8) is 0 Å². The van der Waals surface area contributed by atoms with E-state index in [2.05, 4.69) is 5.32 Å². The third-order valence-corrected chi connectivity index (χ3v) is 3.03. The first-order valence-corrected chi connectivity index (χ1v) is 5.85. The molecule has 96 valence electrons. The molecule has 1 aliphatic rings. The molecular weight excluding hydrogens is 234 g/mol.